The van der Waals surface area contributed by atoms with E-state index in [1.807, 2.05) is 20.8 Å². The summed E-state index contributed by atoms with van der Waals surface area (Å²) in [6.07, 6.45) is 3.99. The largest absolute Gasteiger partial charge is 0.376 e. The van der Waals surface area contributed by atoms with Crippen molar-refractivity contribution in [2.45, 2.75) is 52.1 Å². The van der Waals surface area contributed by atoms with E-state index >= 15 is 0 Å². The van der Waals surface area contributed by atoms with Gasteiger partial charge in [0, 0.05) is 25.3 Å². The molecule has 0 aliphatic heterocycles. The number of H-pyrrole nitrogens is 1. The van der Waals surface area contributed by atoms with Crippen LogP contribution in [0.15, 0.2) is 0 Å². The molecule has 1 aromatic rings. The maximum Gasteiger partial charge on any atom is 0.223 e. The average Bonchev–Trinajstić information content (AvgIpc) is 2.69. The highest BCUT2D eigenvalue weighted by Crippen LogP contribution is 2.34. The van der Waals surface area contributed by atoms with Crippen molar-refractivity contribution in [3.63, 3.8) is 0 Å². The predicted molar refractivity (Wildman–Crippen MR) is 77.5 cm³/mol. The minimum atomic E-state index is -0.114. The summed E-state index contributed by atoms with van der Waals surface area (Å²) >= 11 is 0. The van der Waals surface area contributed by atoms with Crippen molar-refractivity contribution in [2.24, 2.45) is 5.92 Å². The molecule has 5 heteroatoms. The number of aromatic nitrogens is 2. The van der Waals surface area contributed by atoms with Crippen molar-refractivity contribution in [1.29, 1.82) is 0 Å². The Morgan fingerprint density at radius 2 is 2.20 bits per heavy atom. The Balaban J connectivity index is 1.86. The smallest absolute Gasteiger partial charge is 0.223 e. The van der Waals surface area contributed by atoms with Crippen LogP contribution >= 0.6 is 0 Å². The van der Waals surface area contributed by atoms with Crippen LogP contribution in [-0.4, -0.2) is 35.4 Å². The average molecular weight is 279 g/mol. The first-order chi connectivity index (χ1) is 9.47. The summed E-state index contributed by atoms with van der Waals surface area (Å²) < 4.78 is 5.52. The van der Waals surface area contributed by atoms with Crippen LogP contribution in [0, 0.1) is 19.8 Å². The molecular formula is C15H25N3O2. The monoisotopic (exact) mass is 279 g/mol. The molecule has 1 fully saturated rings. The molecule has 5 nitrogen and oxygen atoms in total. The lowest BCUT2D eigenvalue weighted by Gasteiger charge is -2.40. The summed E-state index contributed by atoms with van der Waals surface area (Å²) in [4.78, 5) is 12.2. The summed E-state index contributed by atoms with van der Waals surface area (Å²) in [6, 6.07) is 0. The number of hydrogen-bond donors (Lipinski definition) is 2. The Morgan fingerprint density at radius 1 is 1.50 bits per heavy atom. The number of aryl methyl sites for hydroxylation is 2. The third-order valence-electron chi connectivity index (χ3n) is 4.52. The van der Waals surface area contributed by atoms with Gasteiger partial charge in [0.15, 0.2) is 0 Å². The van der Waals surface area contributed by atoms with Crippen molar-refractivity contribution in [1.82, 2.24) is 15.5 Å². The van der Waals surface area contributed by atoms with E-state index < -0.39 is 0 Å². The van der Waals surface area contributed by atoms with Gasteiger partial charge >= 0.3 is 0 Å². The molecule has 0 aromatic carbocycles. The van der Waals surface area contributed by atoms with Crippen LogP contribution in [0.1, 0.15) is 43.1 Å². The number of methoxy groups -OCH3 is 1. The molecule has 1 amide bonds. The molecule has 1 heterocycles. The van der Waals surface area contributed by atoms with E-state index in [4.69, 9.17) is 4.74 Å². The van der Waals surface area contributed by atoms with Crippen LogP contribution in [0.25, 0.3) is 0 Å². The van der Waals surface area contributed by atoms with Crippen LogP contribution in [0.4, 0.5) is 0 Å². The van der Waals surface area contributed by atoms with Gasteiger partial charge in [0.1, 0.15) is 0 Å². The standard InChI is InChI=1S/C15H25N3O2/c1-10(8-13-11(2)17-18-12(13)3)14(19)16-9-15(20-4)6-5-7-15/h10H,5-9H2,1-4H3,(H,16,19)(H,17,18)/t10-/m1/s1. The van der Waals surface area contributed by atoms with E-state index in [1.165, 1.54) is 6.42 Å². The van der Waals surface area contributed by atoms with Gasteiger partial charge < -0.3 is 10.1 Å². The number of nitrogens with zero attached hydrogens (tertiary/aromatic N) is 1. The van der Waals surface area contributed by atoms with E-state index in [0.29, 0.717) is 6.54 Å². The zero-order valence-electron chi connectivity index (χ0n) is 12.9. The van der Waals surface area contributed by atoms with Gasteiger partial charge in [-0.15, -0.1) is 0 Å². The first-order valence-corrected chi connectivity index (χ1v) is 7.31. The van der Waals surface area contributed by atoms with E-state index in [2.05, 4.69) is 15.5 Å². The Bertz CT molecular complexity index is 452. The lowest BCUT2D eigenvalue weighted by molar-refractivity contribution is -0.128. The molecule has 20 heavy (non-hydrogen) atoms. The van der Waals surface area contributed by atoms with Crippen molar-refractivity contribution >= 4 is 5.91 Å². The summed E-state index contributed by atoms with van der Waals surface area (Å²) in [6.45, 7) is 6.55. The molecule has 0 bridgehead atoms. The Morgan fingerprint density at radius 3 is 2.65 bits per heavy atom. The quantitative estimate of drug-likeness (QED) is 0.835. The topological polar surface area (TPSA) is 67.0 Å². The summed E-state index contributed by atoms with van der Waals surface area (Å²) in [7, 11) is 1.73. The van der Waals surface area contributed by atoms with Gasteiger partial charge in [0.05, 0.1) is 11.3 Å². The van der Waals surface area contributed by atoms with E-state index in [1.54, 1.807) is 7.11 Å². The number of amides is 1. The molecule has 1 saturated carbocycles. The highest BCUT2D eigenvalue weighted by atomic mass is 16.5. The molecule has 2 N–H and O–H groups in total. The maximum absolute atomic E-state index is 12.2. The molecule has 0 radical (unpaired) electrons. The zero-order chi connectivity index (χ0) is 14.8. The fourth-order valence-electron chi connectivity index (χ4n) is 2.72. The van der Waals surface area contributed by atoms with Crippen LogP contribution in [0.2, 0.25) is 0 Å². The number of ether oxygens (including phenoxy) is 1. The van der Waals surface area contributed by atoms with Gasteiger partial charge in [0.25, 0.3) is 0 Å². The second-order valence-electron chi connectivity index (χ2n) is 5.98. The molecule has 2 rings (SSSR count). The number of nitrogens with one attached hydrogen (secondary N) is 2. The molecule has 0 unspecified atom stereocenters. The van der Waals surface area contributed by atoms with Crippen LogP contribution in [-0.2, 0) is 16.0 Å². The number of hydrogen-bond acceptors (Lipinski definition) is 3. The van der Waals surface area contributed by atoms with E-state index in [0.717, 1.165) is 36.2 Å². The molecule has 112 valence electrons. The first kappa shape index (κ1) is 15.0. The van der Waals surface area contributed by atoms with Crippen LogP contribution in [0.5, 0.6) is 0 Å². The van der Waals surface area contributed by atoms with Crippen molar-refractivity contribution < 1.29 is 9.53 Å². The second kappa shape index (κ2) is 5.95. The third-order valence-corrected chi connectivity index (χ3v) is 4.52. The van der Waals surface area contributed by atoms with Gasteiger partial charge in [-0.2, -0.15) is 5.10 Å². The number of carbonyl (C=O) groups excluding carboxylic acids is 1. The highest BCUT2D eigenvalue weighted by Gasteiger charge is 2.37. The second-order valence-corrected chi connectivity index (χ2v) is 5.98. The van der Waals surface area contributed by atoms with Crippen molar-refractivity contribution in [3.05, 3.63) is 17.0 Å². The minimum absolute atomic E-state index is 0.0565. The molecule has 1 aromatic heterocycles. The van der Waals surface area contributed by atoms with Crippen molar-refractivity contribution in [3.8, 4) is 0 Å². The Labute approximate surface area is 120 Å². The molecule has 1 aliphatic rings. The molecular weight excluding hydrogens is 254 g/mol. The SMILES string of the molecule is COC1(CNC(=O)[C@H](C)Cc2c(C)n[nH]c2C)CCC1. The highest BCUT2D eigenvalue weighted by molar-refractivity contribution is 5.78. The number of rotatable bonds is 6. The summed E-state index contributed by atoms with van der Waals surface area (Å²) in [5.74, 6) is 0.0345. The fourth-order valence-corrected chi connectivity index (χ4v) is 2.72. The molecule has 1 aliphatic carbocycles. The van der Waals surface area contributed by atoms with Gasteiger partial charge in [-0.05, 0) is 45.1 Å². The lowest BCUT2D eigenvalue weighted by Crippen LogP contribution is -2.50. The van der Waals surface area contributed by atoms with Gasteiger partial charge in [-0.3, -0.25) is 9.89 Å². The van der Waals surface area contributed by atoms with Gasteiger partial charge in [-0.1, -0.05) is 6.92 Å². The Kier molecular flexibility index (Phi) is 4.48. The number of aromatic amines is 1. The number of carbonyl (C=O) groups is 1. The normalized spacial score (nSPS) is 18.4. The Hall–Kier alpha value is -1.36. The molecule has 0 spiro atoms. The first-order valence-electron chi connectivity index (χ1n) is 7.31. The van der Waals surface area contributed by atoms with Gasteiger partial charge in [0.2, 0.25) is 5.91 Å². The van der Waals surface area contributed by atoms with Crippen LogP contribution in [0.3, 0.4) is 0 Å². The van der Waals surface area contributed by atoms with E-state index in [9.17, 15) is 4.79 Å². The van der Waals surface area contributed by atoms with Crippen molar-refractivity contribution in [2.75, 3.05) is 13.7 Å². The molecule has 0 saturated heterocycles. The summed E-state index contributed by atoms with van der Waals surface area (Å²) in [5, 5.41) is 10.2. The predicted octanol–water partition coefficient (Wildman–Crippen LogP) is 1.89. The molecule has 1 atom stereocenters. The van der Waals surface area contributed by atoms with Gasteiger partial charge in [-0.25, -0.2) is 0 Å². The zero-order valence-corrected chi connectivity index (χ0v) is 12.9. The lowest BCUT2D eigenvalue weighted by atomic mass is 9.80. The fraction of sp³-hybridized carbons (Fsp3) is 0.733. The van der Waals surface area contributed by atoms with E-state index in [-0.39, 0.29) is 17.4 Å². The maximum atomic E-state index is 12.2. The third kappa shape index (κ3) is 3.03. The minimum Gasteiger partial charge on any atom is -0.376 e. The summed E-state index contributed by atoms with van der Waals surface area (Å²) in [5.41, 5.74) is 3.07. The van der Waals surface area contributed by atoms with Crippen LogP contribution < -0.4 is 5.32 Å².